The van der Waals surface area contributed by atoms with Gasteiger partial charge in [-0.05, 0) is 82.1 Å². The summed E-state index contributed by atoms with van der Waals surface area (Å²) >= 11 is 0. The number of ketones is 1. The minimum absolute atomic E-state index is 0.0539. The number of carbonyl (C=O) groups is 1. The number of aromatic nitrogens is 2. The molecule has 0 radical (unpaired) electrons. The van der Waals surface area contributed by atoms with Gasteiger partial charge >= 0.3 is 0 Å². The highest BCUT2D eigenvalue weighted by atomic mass is 16.3. The molecule has 2 heterocycles. The summed E-state index contributed by atoms with van der Waals surface area (Å²) in [7, 11) is 1.98. The van der Waals surface area contributed by atoms with Crippen molar-refractivity contribution in [3.63, 3.8) is 0 Å². The number of piperidine rings is 1. The lowest BCUT2D eigenvalue weighted by Gasteiger charge is -2.30. The van der Waals surface area contributed by atoms with Gasteiger partial charge in [0.15, 0.2) is 17.4 Å². The predicted octanol–water partition coefficient (Wildman–Crippen LogP) is 5.89. The van der Waals surface area contributed by atoms with E-state index in [0.29, 0.717) is 24.4 Å². The third kappa shape index (κ3) is 6.36. The fraction of sp³-hybridized carbons (Fsp3) is 0.621. The maximum atomic E-state index is 13.2. The molecule has 2 aromatic rings. The van der Waals surface area contributed by atoms with Gasteiger partial charge in [-0.25, -0.2) is 9.97 Å². The molecule has 1 saturated carbocycles. The molecule has 36 heavy (non-hydrogen) atoms. The molecule has 1 aliphatic carbocycles. The van der Waals surface area contributed by atoms with Crippen molar-refractivity contribution in [3.05, 3.63) is 35.7 Å². The first-order valence-electron chi connectivity index (χ1n) is 14.0. The molecule has 4 rings (SSSR count). The highest BCUT2D eigenvalue weighted by molar-refractivity contribution is 5.99. The molecule has 7 heteroatoms. The Labute approximate surface area is 216 Å². The van der Waals surface area contributed by atoms with Gasteiger partial charge in [0.2, 0.25) is 0 Å². The van der Waals surface area contributed by atoms with Crippen molar-refractivity contribution in [3.8, 4) is 0 Å². The summed E-state index contributed by atoms with van der Waals surface area (Å²) in [4.78, 5) is 27.6. The van der Waals surface area contributed by atoms with Crippen LogP contribution in [0.3, 0.4) is 0 Å². The summed E-state index contributed by atoms with van der Waals surface area (Å²) in [5.41, 5.74) is 3.54. The molecule has 1 saturated heterocycles. The van der Waals surface area contributed by atoms with E-state index in [1.54, 1.807) is 0 Å². The predicted molar refractivity (Wildman–Crippen MR) is 148 cm³/mol. The second kappa shape index (κ2) is 12.5. The fourth-order valence-corrected chi connectivity index (χ4v) is 5.27. The van der Waals surface area contributed by atoms with Crippen molar-refractivity contribution in [2.75, 3.05) is 35.3 Å². The number of aliphatic hydroxyl groups excluding tert-OH is 1. The van der Waals surface area contributed by atoms with Gasteiger partial charge in [-0.3, -0.25) is 4.79 Å². The van der Waals surface area contributed by atoms with Crippen LogP contribution in [-0.4, -0.2) is 53.1 Å². The van der Waals surface area contributed by atoms with Crippen molar-refractivity contribution >= 4 is 28.8 Å². The Bertz CT molecular complexity index is 995. The standard InChI is InChI=1S/C29H43N5O2/c1-4-6-10-26(36)27-29(32-28(25(5-2)31-27)30-21-11-17-24(35)18-12-21)33(3)22-13-15-23(16-14-22)34-19-8-7-9-20-34/h13-16,21,24,35H,4-12,17-20H2,1-3H3,(H,30,32). The number of benzene rings is 1. The molecule has 1 aromatic carbocycles. The first kappa shape index (κ1) is 26.4. The first-order valence-corrected chi connectivity index (χ1v) is 14.0. The number of anilines is 4. The average molecular weight is 494 g/mol. The third-order valence-electron chi connectivity index (χ3n) is 7.62. The van der Waals surface area contributed by atoms with Gasteiger partial charge in [0.05, 0.1) is 11.8 Å². The summed E-state index contributed by atoms with van der Waals surface area (Å²) in [5, 5.41) is 13.5. The zero-order chi connectivity index (χ0) is 25.5. The second-order valence-electron chi connectivity index (χ2n) is 10.3. The van der Waals surface area contributed by atoms with Crippen molar-refractivity contribution in [1.29, 1.82) is 0 Å². The van der Waals surface area contributed by atoms with Gasteiger partial charge in [0.1, 0.15) is 5.69 Å². The Hall–Kier alpha value is -2.67. The number of nitrogens with zero attached hydrogens (tertiary/aromatic N) is 4. The van der Waals surface area contributed by atoms with Crippen LogP contribution in [0.5, 0.6) is 0 Å². The summed E-state index contributed by atoms with van der Waals surface area (Å²) < 4.78 is 0. The zero-order valence-electron chi connectivity index (χ0n) is 22.3. The maximum Gasteiger partial charge on any atom is 0.185 e. The van der Waals surface area contributed by atoms with Gasteiger partial charge in [0, 0.05) is 44.0 Å². The van der Waals surface area contributed by atoms with E-state index in [2.05, 4.69) is 48.3 Å². The van der Waals surface area contributed by atoms with Gasteiger partial charge in [0.25, 0.3) is 0 Å². The highest BCUT2D eigenvalue weighted by Crippen LogP contribution is 2.32. The molecule has 2 aliphatic rings. The van der Waals surface area contributed by atoms with E-state index >= 15 is 0 Å². The van der Waals surface area contributed by atoms with E-state index in [1.807, 2.05) is 11.9 Å². The number of hydrogen-bond donors (Lipinski definition) is 2. The Morgan fingerprint density at radius 2 is 1.75 bits per heavy atom. The Morgan fingerprint density at radius 3 is 2.39 bits per heavy atom. The van der Waals surface area contributed by atoms with Crippen LogP contribution in [0, 0.1) is 0 Å². The lowest BCUT2D eigenvalue weighted by Crippen LogP contribution is -2.30. The summed E-state index contributed by atoms with van der Waals surface area (Å²) in [5.74, 6) is 1.42. The normalized spacial score (nSPS) is 20.3. The second-order valence-corrected chi connectivity index (χ2v) is 10.3. The van der Waals surface area contributed by atoms with E-state index in [9.17, 15) is 9.90 Å². The minimum atomic E-state index is -0.201. The number of aliphatic hydroxyl groups is 1. The van der Waals surface area contributed by atoms with Crippen LogP contribution >= 0.6 is 0 Å². The topological polar surface area (TPSA) is 81.6 Å². The molecule has 0 atom stereocenters. The van der Waals surface area contributed by atoms with Crippen LogP contribution in [-0.2, 0) is 6.42 Å². The zero-order valence-corrected chi connectivity index (χ0v) is 22.3. The van der Waals surface area contributed by atoms with Crippen molar-refractivity contribution in [1.82, 2.24) is 9.97 Å². The summed E-state index contributed by atoms with van der Waals surface area (Å²) in [6.45, 7) is 6.38. The van der Waals surface area contributed by atoms with Crippen molar-refractivity contribution in [2.45, 2.75) is 96.6 Å². The smallest absolute Gasteiger partial charge is 0.185 e. The molecular formula is C29H43N5O2. The van der Waals surface area contributed by atoms with Crippen LogP contribution in [0.1, 0.15) is 94.2 Å². The van der Waals surface area contributed by atoms with Gasteiger partial charge in [-0.15, -0.1) is 0 Å². The van der Waals surface area contributed by atoms with E-state index in [4.69, 9.17) is 9.97 Å². The number of carbonyl (C=O) groups excluding carboxylic acids is 1. The number of hydrogen-bond acceptors (Lipinski definition) is 7. The molecule has 196 valence electrons. The molecule has 0 amide bonds. The van der Waals surface area contributed by atoms with Crippen LogP contribution in [0.4, 0.5) is 23.0 Å². The quantitative estimate of drug-likeness (QED) is 0.400. The Morgan fingerprint density at radius 1 is 1.06 bits per heavy atom. The van der Waals surface area contributed by atoms with Gasteiger partial charge < -0.3 is 20.2 Å². The molecule has 2 fully saturated rings. The van der Waals surface area contributed by atoms with Crippen LogP contribution in [0.25, 0.3) is 0 Å². The lowest BCUT2D eigenvalue weighted by molar-refractivity contribution is 0.0975. The summed E-state index contributed by atoms with van der Waals surface area (Å²) in [6.07, 6.45) is 10.0. The van der Waals surface area contributed by atoms with Crippen molar-refractivity contribution in [2.24, 2.45) is 0 Å². The first-order chi connectivity index (χ1) is 17.5. The van der Waals surface area contributed by atoms with E-state index in [0.717, 1.165) is 68.8 Å². The van der Waals surface area contributed by atoms with E-state index < -0.39 is 0 Å². The molecule has 1 aliphatic heterocycles. The van der Waals surface area contributed by atoms with Gasteiger partial charge in [-0.2, -0.15) is 0 Å². The SMILES string of the molecule is CCCCC(=O)c1nc(CC)c(NC2CCC(O)CC2)nc1N(C)c1ccc(N2CCCCC2)cc1. The molecule has 1 aromatic heterocycles. The van der Waals surface area contributed by atoms with Crippen molar-refractivity contribution < 1.29 is 9.90 Å². The Kier molecular flexibility index (Phi) is 9.19. The number of rotatable bonds is 10. The number of nitrogens with one attached hydrogen (secondary N) is 1. The van der Waals surface area contributed by atoms with Crippen LogP contribution < -0.4 is 15.1 Å². The molecule has 0 unspecified atom stereocenters. The number of aryl methyl sites for hydroxylation is 1. The fourth-order valence-electron chi connectivity index (χ4n) is 5.27. The largest absolute Gasteiger partial charge is 0.393 e. The molecule has 0 bridgehead atoms. The lowest BCUT2D eigenvalue weighted by atomic mass is 9.93. The monoisotopic (exact) mass is 493 g/mol. The highest BCUT2D eigenvalue weighted by Gasteiger charge is 2.25. The third-order valence-corrected chi connectivity index (χ3v) is 7.62. The number of unbranched alkanes of at least 4 members (excludes halogenated alkanes) is 1. The minimum Gasteiger partial charge on any atom is -0.393 e. The molecule has 2 N–H and O–H groups in total. The average Bonchev–Trinajstić information content (AvgIpc) is 2.93. The maximum absolute atomic E-state index is 13.2. The Balaban J connectivity index is 1.64. The number of Topliss-reactive ketones (excluding diaryl/α,β-unsaturated/α-hetero) is 1. The van der Waals surface area contributed by atoms with E-state index in [-0.39, 0.29) is 17.9 Å². The molecular weight excluding hydrogens is 450 g/mol. The molecule has 7 nitrogen and oxygen atoms in total. The molecule has 0 spiro atoms. The van der Waals surface area contributed by atoms with Crippen LogP contribution in [0.2, 0.25) is 0 Å². The van der Waals surface area contributed by atoms with Crippen LogP contribution in [0.15, 0.2) is 24.3 Å². The van der Waals surface area contributed by atoms with Gasteiger partial charge in [-0.1, -0.05) is 20.3 Å². The van der Waals surface area contributed by atoms with E-state index in [1.165, 1.54) is 24.9 Å². The summed E-state index contributed by atoms with van der Waals surface area (Å²) in [6, 6.07) is 8.85.